The molecule has 0 aliphatic carbocycles. The lowest BCUT2D eigenvalue weighted by Gasteiger charge is -2.20. The number of nitrogens with one attached hydrogen (secondary N) is 2. The Balaban J connectivity index is 2.03. The van der Waals surface area contributed by atoms with Crippen LogP contribution in [0.4, 0.5) is 0 Å². The zero-order valence-electron chi connectivity index (χ0n) is 4.91. The van der Waals surface area contributed by atoms with Gasteiger partial charge in [-0.3, -0.25) is 0 Å². The van der Waals surface area contributed by atoms with Gasteiger partial charge in [-0.25, -0.2) is 0 Å². The molecule has 2 N–H and O–H groups in total. The van der Waals surface area contributed by atoms with Gasteiger partial charge in [-0.1, -0.05) is 0 Å². The van der Waals surface area contributed by atoms with Crippen LogP contribution in [0.3, 0.4) is 0 Å². The van der Waals surface area contributed by atoms with Crippen LogP contribution in [0.25, 0.3) is 0 Å². The molecule has 2 heteroatoms. The summed E-state index contributed by atoms with van der Waals surface area (Å²) in [5, 5.41) is 6.79. The van der Waals surface area contributed by atoms with Gasteiger partial charge < -0.3 is 10.6 Å². The Morgan fingerprint density at radius 1 is 1.50 bits per heavy atom. The Hall–Kier alpha value is -0.0800. The van der Waals surface area contributed by atoms with Gasteiger partial charge in [0, 0.05) is 19.1 Å². The predicted octanol–water partition coefficient (Wildman–Crippen LogP) is -0.126. The van der Waals surface area contributed by atoms with Crippen molar-refractivity contribution >= 4 is 0 Å². The number of piperazine rings is 1. The van der Waals surface area contributed by atoms with Crippen molar-refractivity contribution in [1.29, 1.82) is 0 Å². The van der Waals surface area contributed by atoms with Crippen molar-refractivity contribution < 1.29 is 0 Å². The summed E-state index contributed by atoms with van der Waals surface area (Å²) in [6.07, 6.45) is 2.65. The topological polar surface area (TPSA) is 24.1 Å². The van der Waals surface area contributed by atoms with Gasteiger partial charge in [0.1, 0.15) is 0 Å². The van der Waals surface area contributed by atoms with Crippen molar-refractivity contribution in [2.24, 2.45) is 0 Å². The third kappa shape index (κ3) is 0.644. The van der Waals surface area contributed by atoms with Crippen LogP contribution in [0.15, 0.2) is 0 Å². The molecule has 2 heterocycles. The second-order valence-corrected chi connectivity index (χ2v) is 2.61. The second kappa shape index (κ2) is 1.71. The highest BCUT2D eigenvalue weighted by Crippen LogP contribution is 2.19. The van der Waals surface area contributed by atoms with Gasteiger partial charge >= 0.3 is 0 Å². The maximum absolute atomic E-state index is 3.44. The quantitative estimate of drug-likeness (QED) is 0.455. The van der Waals surface area contributed by atoms with E-state index in [2.05, 4.69) is 10.6 Å². The fraction of sp³-hybridized carbons (Fsp3) is 0.833. The molecule has 2 saturated heterocycles. The SMILES string of the molecule is C1C[C@H]2CNC[C]1N2. The highest BCUT2D eigenvalue weighted by molar-refractivity contribution is 5.03. The van der Waals surface area contributed by atoms with Crippen LogP contribution in [-0.4, -0.2) is 19.1 Å². The first-order chi connectivity index (χ1) is 3.95. The maximum Gasteiger partial charge on any atom is 0.0506 e. The molecular formula is C6H11N2. The van der Waals surface area contributed by atoms with E-state index in [-0.39, 0.29) is 0 Å². The molecule has 2 fully saturated rings. The van der Waals surface area contributed by atoms with Gasteiger partial charge in [0.25, 0.3) is 0 Å². The van der Waals surface area contributed by atoms with Crippen molar-refractivity contribution in [2.45, 2.75) is 18.9 Å². The fourth-order valence-corrected chi connectivity index (χ4v) is 1.47. The molecule has 2 aliphatic rings. The summed E-state index contributed by atoms with van der Waals surface area (Å²) in [7, 11) is 0. The van der Waals surface area contributed by atoms with Crippen LogP contribution in [0, 0.1) is 6.04 Å². The first-order valence-corrected chi connectivity index (χ1v) is 3.27. The molecule has 0 aromatic carbocycles. The first kappa shape index (κ1) is 4.77. The van der Waals surface area contributed by atoms with Crippen LogP contribution < -0.4 is 10.6 Å². The van der Waals surface area contributed by atoms with Crippen LogP contribution in [0.5, 0.6) is 0 Å². The summed E-state index contributed by atoms with van der Waals surface area (Å²) >= 11 is 0. The average Bonchev–Trinajstić information content (AvgIpc) is 2.12. The van der Waals surface area contributed by atoms with E-state index < -0.39 is 0 Å². The first-order valence-electron chi connectivity index (χ1n) is 3.27. The zero-order chi connectivity index (χ0) is 5.40. The van der Waals surface area contributed by atoms with Crippen LogP contribution >= 0.6 is 0 Å². The minimum atomic E-state index is 0.763. The van der Waals surface area contributed by atoms with E-state index in [9.17, 15) is 0 Å². The molecule has 2 nitrogen and oxygen atoms in total. The molecule has 0 saturated carbocycles. The van der Waals surface area contributed by atoms with Crippen molar-refractivity contribution in [3.05, 3.63) is 6.04 Å². The largest absolute Gasteiger partial charge is 0.313 e. The fourth-order valence-electron chi connectivity index (χ4n) is 1.47. The summed E-state index contributed by atoms with van der Waals surface area (Å²) in [6, 6.07) is 2.28. The standard InChI is InChI=1S/C6H11N2/c1-2-6-4-7-3-5(1)8-6/h5,7-8H,1-4H2/t5-/m0/s1. The normalized spacial score (nSPS) is 38.2. The monoisotopic (exact) mass is 111 g/mol. The Bertz CT molecular complexity index is 78.5. The van der Waals surface area contributed by atoms with Crippen molar-refractivity contribution in [3.8, 4) is 0 Å². The van der Waals surface area contributed by atoms with Gasteiger partial charge in [0.2, 0.25) is 0 Å². The Morgan fingerprint density at radius 2 is 2.50 bits per heavy atom. The van der Waals surface area contributed by atoms with Gasteiger partial charge in [-0.2, -0.15) is 0 Å². The highest BCUT2D eigenvalue weighted by atomic mass is 15.1. The molecule has 8 heavy (non-hydrogen) atoms. The number of hydrogen-bond donors (Lipinski definition) is 2. The van der Waals surface area contributed by atoms with E-state index in [1.807, 2.05) is 0 Å². The van der Waals surface area contributed by atoms with E-state index in [1.54, 1.807) is 0 Å². The van der Waals surface area contributed by atoms with Gasteiger partial charge in [0.15, 0.2) is 0 Å². The van der Waals surface area contributed by atoms with E-state index in [0.29, 0.717) is 0 Å². The molecular weight excluding hydrogens is 100 g/mol. The molecule has 45 valence electrons. The lowest BCUT2D eigenvalue weighted by Crippen LogP contribution is -2.44. The van der Waals surface area contributed by atoms with E-state index in [1.165, 1.54) is 25.4 Å². The molecule has 0 aromatic rings. The van der Waals surface area contributed by atoms with Crippen LogP contribution in [0.1, 0.15) is 12.8 Å². The van der Waals surface area contributed by atoms with Gasteiger partial charge in [-0.15, -0.1) is 0 Å². The molecule has 0 amide bonds. The van der Waals surface area contributed by atoms with Crippen LogP contribution in [0.2, 0.25) is 0 Å². The van der Waals surface area contributed by atoms with Crippen molar-refractivity contribution in [3.63, 3.8) is 0 Å². The summed E-state index contributed by atoms with van der Waals surface area (Å²) < 4.78 is 0. The van der Waals surface area contributed by atoms with E-state index >= 15 is 0 Å². The van der Waals surface area contributed by atoms with E-state index in [4.69, 9.17) is 0 Å². The summed E-state index contributed by atoms with van der Waals surface area (Å²) in [5.41, 5.74) is 0. The maximum atomic E-state index is 3.44. The lowest BCUT2D eigenvalue weighted by atomic mass is 10.2. The molecule has 2 aliphatic heterocycles. The van der Waals surface area contributed by atoms with Crippen LogP contribution in [-0.2, 0) is 0 Å². The minimum absolute atomic E-state index is 0.763. The molecule has 0 spiro atoms. The smallest absolute Gasteiger partial charge is 0.0506 e. The summed E-state index contributed by atoms with van der Waals surface area (Å²) in [4.78, 5) is 0. The summed E-state index contributed by atoms with van der Waals surface area (Å²) in [6.45, 7) is 2.28. The number of rotatable bonds is 0. The van der Waals surface area contributed by atoms with E-state index in [0.717, 1.165) is 12.6 Å². The Labute approximate surface area is 49.7 Å². The Kier molecular flexibility index (Phi) is 1.02. The number of hydrogen-bond acceptors (Lipinski definition) is 2. The second-order valence-electron chi connectivity index (χ2n) is 2.61. The van der Waals surface area contributed by atoms with Gasteiger partial charge in [0.05, 0.1) is 6.04 Å². The molecule has 2 rings (SSSR count). The lowest BCUT2D eigenvalue weighted by molar-refractivity contribution is 0.487. The van der Waals surface area contributed by atoms with Gasteiger partial charge in [-0.05, 0) is 12.8 Å². The molecule has 0 aromatic heterocycles. The zero-order valence-corrected chi connectivity index (χ0v) is 4.91. The average molecular weight is 111 g/mol. The highest BCUT2D eigenvalue weighted by Gasteiger charge is 2.27. The van der Waals surface area contributed by atoms with Crippen molar-refractivity contribution in [2.75, 3.05) is 13.1 Å². The molecule has 0 unspecified atom stereocenters. The predicted molar refractivity (Wildman–Crippen MR) is 32.3 cm³/mol. The minimum Gasteiger partial charge on any atom is -0.313 e. The molecule has 1 atom stereocenters. The Morgan fingerprint density at radius 3 is 3.25 bits per heavy atom. The third-order valence-electron chi connectivity index (χ3n) is 1.93. The molecule has 1 radical (unpaired) electrons. The van der Waals surface area contributed by atoms with Crippen molar-refractivity contribution in [1.82, 2.24) is 10.6 Å². The summed E-state index contributed by atoms with van der Waals surface area (Å²) in [5.74, 6) is 0. The number of fused-ring (bicyclic) bond motifs is 2. The third-order valence-corrected chi connectivity index (χ3v) is 1.93. The molecule has 2 bridgehead atoms.